The van der Waals surface area contributed by atoms with Crippen LogP contribution in [0.2, 0.25) is 0 Å². The summed E-state index contributed by atoms with van der Waals surface area (Å²) in [5.41, 5.74) is 4.63. The summed E-state index contributed by atoms with van der Waals surface area (Å²) in [4.78, 5) is 11.4. The lowest BCUT2D eigenvalue weighted by molar-refractivity contribution is -0.122. The van der Waals surface area contributed by atoms with E-state index in [1.807, 2.05) is 6.92 Å². The number of nitrogens with two attached hydrogens (primary N) is 1. The predicted molar refractivity (Wildman–Crippen MR) is 63.0 cm³/mol. The van der Waals surface area contributed by atoms with Gasteiger partial charge in [-0.1, -0.05) is 0 Å². The zero-order chi connectivity index (χ0) is 12.6. The summed E-state index contributed by atoms with van der Waals surface area (Å²) >= 11 is 0. The molecule has 0 aliphatic carbocycles. The number of methoxy groups -OCH3 is 1. The van der Waals surface area contributed by atoms with Gasteiger partial charge in [0.25, 0.3) is 0 Å². The summed E-state index contributed by atoms with van der Waals surface area (Å²) in [5.74, 6) is -0.0741. The molecule has 16 heavy (non-hydrogen) atoms. The summed E-state index contributed by atoms with van der Waals surface area (Å²) in [6.07, 6.45) is 1.56. The summed E-state index contributed by atoms with van der Waals surface area (Å²) < 4.78 is 4.87. The molecule has 0 aliphatic heterocycles. The highest BCUT2D eigenvalue weighted by molar-refractivity contribution is 5.75. The maximum Gasteiger partial charge on any atom is 0.220 e. The monoisotopic (exact) mass is 232 g/mol. The number of nitrogens with one attached hydrogen (secondary N) is 1. The minimum absolute atomic E-state index is 0.0275. The van der Waals surface area contributed by atoms with Crippen molar-refractivity contribution < 1.29 is 14.6 Å². The maximum absolute atomic E-state index is 11.4. The summed E-state index contributed by atoms with van der Waals surface area (Å²) in [5, 5.41) is 12.5. The lowest BCUT2D eigenvalue weighted by Crippen LogP contribution is -2.41. The Kier molecular flexibility index (Phi) is 7.29. The van der Waals surface area contributed by atoms with Gasteiger partial charge in [0, 0.05) is 39.1 Å². The van der Waals surface area contributed by atoms with E-state index in [0.29, 0.717) is 25.9 Å². The lowest BCUT2D eigenvalue weighted by atomic mass is 10.0. The topological polar surface area (TPSA) is 84.6 Å². The van der Waals surface area contributed by atoms with Crippen molar-refractivity contribution in [3.63, 3.8) is 0 Å². The van der Waals surface area contributed by atoms with Gasteiger partial charge in [-0.05, 0) is 20.3 Å². The zero-order valence-corrected chi connectivity index (χ0v) is 10.5. The Labute approximate surface area is 97.3 Å². The summed E-state index contributed by atoms with van der Waals surface area (Å²) in [6.45, 7) is 4.26. The van der Waals surface area contributed by atoms with E-state index in [1.165, 1.54) is 0 Å². The minimum atomic E-state index is -0.917. The number of rotatable bonds is 8. The van der Waals surface area contributed by atoms with Crippen molar-refractivity contribution >= 4 is 5.91 Å². The predicted octanol–water partition coefficient (Wildman–Crippen LogP) is 0.0175. The molecule has 2 atom stereocenters. The molecule has 5 nitrogen and oxygen atoms in total. The Morgan fingerprint density at radius 1 is 1.62 bits per heavy atom. The van der Waals surface area contributed by atoms with E-state index in [-0.39, 0.29) is 18.5 Å². The van der Waals surface area contributed by atoms with Crippen molar-refractivity contribution in [1.82, 2.24) is 5.32 Å². The minimum Gasteiger partial charge on any atom is -0.388 e. The summed E-state index contributed by atoms with van der Waals surface area (Å²) in [7, 11) is 1.58. The second kappa shape index (κ2) is 7.60. The van der Waals surface area contributed by atoms with Crippen LogP contribution in [0.3, 0.4) is 0 Å². The molecule has 0 saturated heterocycles. The third-order valence-electron chi connectivity index (χ3n) is 2.34. The first-order valence-electron chi connectivity index (χ1n) is 5.61. The molecule has 0 heterocycles. The zero-order valence-electron chi connectivity index (χ0n) is 10.5. The van der Waals surface area contributed by atoms with Crippen molar-refractivity contribution in [3.8, 4) is 0 Å². The van der Waals surface area contributed by atoms with Crippen LogP contribution >= 0.6 is 0 Å². The molecule has 0 aromatic heterocycles. The van der Waals surface area contributed by atoms with E-state index in [4.69, 9.17) is 10.5 Å². The first kappa shape index (κ1) is 15.3. The second-order valence-electron chi connectivity index (χ2n) is 4.53. The molecule has 0 radical (unpaired) electrons. The van der Waals surface area contributed by atoms with Crippen LogP contribution in [0.25, 0.3) is 0 Å². The fraction of sp³-hybridized carbons (Fsp3) is 0.909. The van der Waals surface area contributed by atoms with Crippen molar-refractivity contribution in [2.75, 3.05) is 20.3 Å². The van der Waals surface area contributed by atoms with Crippen LogP contribution in [-0.2, 0) is 9.53 Å². The highest BCUT2D eigenvalue weighted by Gasteiger charge is 2.20. The molecular weight excluding hydrogens is 208 g/mol. The normalized spacial score (nSPS) is 16.6. The van der Waals surface area contributed by atoms with E-state index in [1.54, 1.807) is 14.0 Å². The van der Waals surface area contributed by atoms with Gasteiger partial charge in [-0.3, -0.25) is 4.79 Å². The molecule has 0 saturated carbocycles. The highest BCUT2D eigenvalue weighted by atomic mass is 16.5. The first-order valence-corrected chi connectivity index (χ1v) is 5.61. The smallest absolute Gasteiger partial charge is 0.220 e. The number of carbonyl (C=O) groups is 1. The Morgan fingerprint density at radius 3 is 2.75 bits per heavy atom. The maximum atomic E-state index is 11.4. The quantitative estimate of drug-likeness (QED) is 0.550. The molecule has 0 spiro atoms. The average Bonchev–Trinajstić information content (AvgIpc) is 2.21. The van der Waals surface area contributed by atoms with Gasteiger partial charge in [0.15, 0.2) is 0 Å². The molecule has 0 bridgehead atoms. The molecule has 0 fully saturated rings. The standard InChI is InChI=1S/C11H24N2O3/c1-9(12)4-5-10(14)13-8-11(2,15)6-7-16-3/h9,15H,4-8,12H2,1-3H3,(H,13,14). The molecule has 0 rings (SSSR count). The number of aliphatic hydroxyl groups is 1. The Hall–Kier alpha value is -0.650. The van der Waals surface area contributed by atoms with Gasteiger partial charge in [0.2, 0.25) is 5.91 Å². The van der Waals surface area contributed by atoms with Crippen LogP contribution in [0, 0.1) is 0 Å². The SMILES string of the molecule is COCCC(C)(O)CNC(=O)CCC(C)N. The summed E-state index contributed by atoms with van der Waals surface area (Å²) in [6, 6.07) is 0.0275. The first-order chi connectivity index (χ1) is 7.37. The number of amides is 1. The van der Waals surface area contributed by atoms with Gasteiger partial charge < -0.3 is 20.9 Å². The van der Waals surface area contributed by atoms with Crippen LogP contribution in [0.1, 0.15) is 33.1 Å². The van der Waals surface area contributed by atoms with Gasteiger partial charge >= 0.3 is 0 Å². The fourth-order valence-electron chi connectivity index (χ4n) is 1.15. The van der Waals surface area contributed by atoms with Gasteiger partial charge in [0.05, 0.1) is 5.60 Å². The van der Waals surface area contributed by atoms with Gasteiger partial charge in [-0.25, -0.2) is 0 Å². The van der Waals surface area contributed by atoms with E-state index >= 15 is 0 Å². The van der Waals surface area contributed by atoms with Crippen LogP contribution in [0.4, 0.5) is 0 Å². The molecule has 1 amide bonds. The Morgan fingerprint density at radius 2 is 2.25 bits per heavy atom. The van der Waals surface area contributed by atoms with Crippen molar-refractivity contribution in [3.05, 3.63) is 0 Å². The van der Waals surface area contributed by atoms with Gasteiger partial charge in [0.1, 0.15) is 0 Å². The number of hydrogen-bond acceptors (Lipinski definition) is 4. The highest BCUT2D eigenvalue weighted by Crippen LogP contribution is 2.07. The van der Waals surface area contributed by atoms with Crippen LogP contribution in [0.5, 0.6) is 0 Å². The molecule has 5 heteroatoms. The van der Waals surface area contributed by atoms with E-state index < -0.39 is 5.60 Å². The average molecular weight is 232 g/mol. The second-order valence-corrected chi connectivity index (χ2v) is 4.53. The van der Waals surface area contributed by atoms with Gasteiger partial charge in [-0.2, -0.15) is 0 Å². The third-order valence-corrected chi connectivity index (χ3v) is 2.34. The van der Waals surface area contributed by atoms with Crippen LogP contribution in [-0.4, -0.2) is 42.9 Å². The molecule has 2 unspecified atom stereocenters. The van der Waals surface area contributed by atoms with E-state index in [0.717, 1.165) is 0 Å². The molecule has 4 N–H and O–H groups in total. The van der Waals surface area contributed by atoms with Crippen molar-refractivity contribution in [2.45, 2.75) is 44.8 Å². The third kappa shape index (κ3) is 8.64. The van der Waals surface area contributed by atoms with E-state index in [2.05, 4.69) is 5.32 Å². The molecular formula is C11H24N2O3. The van der Waals surface area contributed by atoms with E-state index in [9.17, 15) is 9.90 Å². The number of ether oxygens (including phenoxy) is 1. The van der Waals surface area contributed by atoms with Gasteiger partial charge in [-0.15, -0.1) is 0 Å². The van der Waals surface area contributed by atoms with Crippen LogP contribution < -0.4 is 11.1 Å². The number of carbonyl (C=O) groups excluding carboxylic acids is 1. The largest absolute Gasteiger partial charge is 0.388 e. The molecule has 0 aromatic rings. The number of hydrogen-bond donors (Lipinski definition) is 3. The molecule has 96 valence electrons. The van der Waals surface area contributed by atoms with Crippen molar-refractivity contribution in [1.29, 1.82) is 0 Å². The van der Waals surface area contributed by atoms with Crippen molar-refractivity contribution in [2.24, 2.45) is 5.73 Å². The molecule has 0 aromatic carbocycles. The Bertz CT molecular complexity index is 205. The fourth-order valence-corrected chi connectivity index (χ4v) is 1.15. The molecule has 0 aliphatic rings. The Balaban J connectivity index is 3.72. The van der Waals surface area contributed by atoms with Crippen LogP contribution in [0.15, 0.2) is 0 Å². The lowest BCUT2D eigenvalue weighted by Gasteiger charge is -2.23.